The molecule has 0 saturated heterocycles. The number of fused-ring (bicyclic) bond motifs is 1. The minimum atomic E-state index is -0.372. The van der Waals surface area contributed by atoms with Gasteiger partial charge in [-0.1, -0.05) is 47.5 Å². The number of hydrogen-bond acceptors (Lipinski definition) is 8. The molecule has 0 aliphatic heterocycles. The summed E-state index contributed by atoms with van der Waals surface area (Å²) in [5, 5.41) is 4.13. The molecule has 0 radical (unpaired) electrons. The first-order valence-electron chi connectivity index (χ1n) is 12.2. The number of benzene rings is 3. The third-order valence-corrected chi connectivity index (χ3v) is 7.28. The maximum Gasteiger partial charge on any atom is 0.260 e. The Kier molecular flexibility index (Phi) is 7.42. The van der Waals surface area contributed by atoms with E-state index in [1.54, 1.807) is 41.1 Å². The highest BCUT2D eigenvalue weighted by Crippen LogP contribution is 2.45. The Labute approximate surface area is 240 Å². The number of hydrogen-bond donors (Lipinski definition) is 3. The molecule has 5 N–H and O–H groups in total. The van der Waals surface area contributed by atoms with Gasteiger partial charge in [0.15, 0.2) is 0 Å². The largest absolute Gasteiger partial charge is 0.495 e. The SMILES string of the molecule is COc1cc(OC)c(Cl)c(-c2cc3cnc(Nc4c(C)cccc4N)nc3n(Cc3ccc(N)cc3)c2=O)c1Cl. The van der Waals surface area contributed by atoms with E-state index < -0.39 is 0 Å². The Morgan fingerprint density at radius 2 is 1.65 bits per heavy atom. The molecule has 2 aromatic heterocycles. The summed E-state index contributed by atoms with van der Waals surface area (Å²) in [6.07, 6.45) is 1.63. The number of nitrogens with two attached hydrogens (primary N) is 2. The molecule has 11 heteroatoms. The van der Waals surface area contributed by atoms with Crippen LogP contribution in [0.3, 0.4) is 0 Å². The van der Waals surface area contributed by atoms with E-state index >= 15 is 0 Å². The highest BCUT2D eigenvalue weighted by atomic mass is 35.5. The Bertz CT molecular complexity index is 1760. The first-order valence-corrected chi connectivity index (χ1v) is 12.9. The molecule has 0 aliphatic rings. The number of aryl methyl sites for hydroxylation is 1. The lowest BCUT2D eigenvalue weighted by molar-refractivity contribution is 0.395. The molecule has 5 aromatic rings. The molecule has 0 spiro atoms. The maximum absolute atomic E-state index is 14.2. The van der Waals surface area contributed by atoms with E-state index in [4.69, 9.17) is 49.1 Å². The van der Waals surface area contributed by atoms with Crippen LogP contribution in [0.15, 0.2) is 65.6 Å². The van der Waals surface area contributed by atoms with Gasteiger partial charge in [0.1, 0.15) is 17.1 Å². The molecule has 0 unspecified atom stereocenters. The summed E-state index contributed by atoms with van der Waals surface area (Å²) in [5.41, 5.74) is 16.2. The van der Waals surface area contributed by atoms with Crippen molar-refractivity contribution in [3.63, 3.8) is 0 Å². The van der Waals surface area contributed by atoms with Crippen LogP contribution >= 0.6 is 23.2 Å². The van der Waals surface area contributed by atoms with E-state index in [9.17, 15) is 4.79 Å². The van der Waals surface area contributed by atoms with E-state index in [2.05, 4.69) is 10.3 Å². The average molecular weight is 577 g/mol. The molecule has 0 amide bonds. The fourth-order valence-corrected chi connectivity index (χ4v) is 5.15. The summed E-state index contributed by atoms with van der Waals surface area (Å²) in [6, 6.07) is 16.1. The van der Waals surface area contributed by atoms with Gasteiger partial charge >= 0.3 is 0 Å². The molecule has 2 heterocycles. The molecular formula is C29H26Cl2N6O3. The second-order valence-corrected chi connectivity index (χ2v) is 9.87. The molecule has 0 fully saturated rings. The zero-order valence-corrected chi connectivity index (χ0v) is 23.5. The summed E-state index contributed by atoms with van der Waals surface area (Å²) in [7, 11) is 2.95. The molecule has 40 heavy (non-hydrogen) atoms. The van der Waals surface area contributed by atoms with Crippen molar-refractivity contribution < 1.29 is 9.47 Å². The first kappa shape index (κ1) is 27.1. The predicted octanol–water partition coefficient (Wildman–Crippen LogP) is 6.05. The lowest BCUT2D eigenvalue weighted by atomic mass is 10.0. The number of aromatic nitrogens is 3. The summed E-state index contributed by atoms with van der Waals surface area (Å²) in [6.45, 7) is 2.13. The number of nitrogens with one attached hydrogen (secondary N) is 1. The Morgan fingerprint density at radius 1 is 0.975 bits per heavy atom. The minimum absolute atomic E-state index is 0.179. The molecule has 3 aromatic carbocycles. The zero-order valence-electron chi connectivity index (χ0n) is 22.0. The normalized spacial score (nSPS) is 11.0. The quantitative estimate of drug-likeness (QED) is 0.200. The fraction of sp³-hybridized carbons (Fsp3) is 0.138. The smallest absolute Gasteiger partial charge is 0.260 e. The third-order valence-electron chi connectivity index (χ3n) is 6.53. The van der Waals surface area contributed by atoms with Gasteiger partial charge in [0.2, 0.25) is 5.95 Å². The highest BCUT2D eigenvalue weighted by molar-refractivity contribution is 6.41. The van der Waals surface area contributed by atoms with Crippen LogP contribution in [0, 0.1) is 6.92 Å². The van der Waals surface area contributed by atoms with Crippen molar-refractivity contribution in [3.05, 3.63) is 92.3 Å². The van der Waals surface area contributed by atoms with Crippen molar-refractivity contribution in [2.24, 2.45) is 0 Å². The number of anilines is 4. The Morgan fingerprint density at radius 3 is 2.27 bits per heavy atom. The minimum Gasteiger partial charge on any atom is -0.495 e. The standard InChI is InChI=1S/C29H26Cl2N6O3/c1-15-5-4-6-20(33)26(15)35-29-34-13-17-11-19(23-24(30)21(39-2)12-22(40-3)25(23)31)28(38)37(27(17)36-29)14-16-7-9-18(32)10-8-16/h4-13H,14,32-33H2,1-3H3,(H,34,35,36). The van der Waals surface area contributed by atoms with E-state index in [1.807, 2.05) is 31.2 Å². The molecule has 0 saturated carbocycles. The molecule has 0 aliphatic carbocycles. The topological polar surface area (TPSA) is 130 Å². The third kappa shape index (κ3) is 4.97. The van der Waals surface area contributed by atoms with Crippen LogP contribution in [0.4, 0.5) is 23.0 Å². The Balaban J connectivity index is 1.76. The number of ether oxygens (including phenoxy) is 2. The van der Waals surface area contributed by atoms with Gasteiger partial charge in [-0.3, -0.25) is 9.36 Å². The van der Waals surface area contributed by atoms with Crippen LogP contribution in [-0.2, 0) is 6.54 Å². The van der Waals surface area contributed by atoms with Gasteiger partial charge in [-0.05, 0) is 42.3 Å². The van der Waals surface area contributed by atoms with Crippen molar-refractivity contribution in [1.82, 2.24) is 14.5 Å². The van der Waals surface area contributed by atoms with Crippen LogP contribution in [0.1, 0.15) is 11.1 Å². The summed E-state index contributed by atoms with van der Waals surface area (Å²) in [5.74, 6) is 0.911. The summed E-state index contributed by atoms with van der Waals surface area (Å²) in [4.78, 5) is 23.4. The van der Waals surface area contributed by atoms with Gasteiger partial charge in [-0.25, -0.2) is 4.98 Å². The van der Waals surface area contributed by atoms with Crippen molar-refractivity contribution in [3.8, 4) is 22.6 Å². The van der Waals surface area contributed by atoms with Gasteiger partial charge < -0.3 is 26.3 Å². The lowest BCUT2D eigenvalue weighted by Gasteiger charge is -2.18. The van der Waals surface area contributed by atoms with Gasteiger partial charge in [0.05, 0.1) is 47.7 Å². The molecule has 9 nitrogen and oxygen atoms in total. The van der Waals surface area contributed by atoms with Crippen LogP contribution in [0.2, 0.25) is 10.0 Å². The number of rotatable bonds is 7. The number of methoxy groups -OCH3 is 2. The van der Waals surface area contributed by atoms with Gasteiger partial charge in [-0.2, -0.15) is 4.98 Å². The molecule has 0 atom stereocenters. The summed E-state index contributed by atoms with van der Waals surface area (Å²) >= 11 is 13.4. The van der Waals surface area contributed by atoms with Crippen LogP contribution in [0.5, 0.6) is 11.5 Å². The molecule has 0 bridgehead atoms. The number of nitrogen functional groups attached to an aromatic ring is 2. The maximum atomic E-state index is 14.2. The molecule has 5 rings (SSSR count). The first-order chi connectivity index (χ1) is 19.2. The zero-order chi connectivity index (χ0) is 28.6. The predicted molar refractivity (Wildman–Crippen MR) is 161 cm³/mol. The van der Waals surface area contributed by atoms with E-state index in [0.717, 1.165) is 11.1 Å². The highest BCUT2D eigenvalue weighted by Gasteiger charge is 2.23. The van der Waals surface area contributed by atoms with Gasteiger partial charge in [-0.15, -0.1) is 0 Å². The van der Waals surface area contributed by atoms with Crippen molar-refractivity contribution >= 4 is 57.2 Å². The average Bonchev–Trinajstić information content (AvgIpc) is 2.94. The van der Waals surface area contributed by atoms with E-state index in [1.165, 1.54) is 14.2 Å². The van der Waals surface area contributed by atoms with Crippen LogP contribution in [0.25, 0.3) is 22.2 Å². The van der Waals surface area contributed by atoms with Crippen molar-refractivity contribution in [1.29, 1.82) is 0 Å². The van der Waals surface area contributed by atoms with E-state index in [0.29, 0.717) is 39.6 Å². The molecular weight excluding hydrogens is 551 g/mol. The van der Waals surface area contributed by atoms with E-state index in [-0.39, 0.29) is 39.2 Å². The Hall–Kier alpha value is -4.47. The van der Waals surface area contributed by atoms with Crippen LogP contribution < -0.4 is 31.8 Å². The van der Waals surface area contributed by atoms with Crippen molar-refractivity contribution in [2.75, 3.05) is 31.0 Å². The monoisotopic (exact) mass is 576 g/mol. The number of pyridine rings is 1. The second-order valence-electron chi connectivity index (χ2n) is 9.11. The number of nitrogens with zero attached hydrogens (tertiary/aromatic N) is 3. The van der Waals surface area contributed by atoms with Gasteiger partial charge in [0.25, 0.3) is 5.56 Å². The second kappa shape index (κ2) is 11.0. The number of halogens is 2. The molecule has 204 valence electrons. The lowest BCUT2D eigenvalue weighted by Crippen LogP contribution is -2.24. The van der Waals surface area contributed by atoms with Gasteiger partial charge in [0, 0.05) is 28.9 Å². The summed E-state index contributed by atoms with van der Waals surface area (Å²) < 4.78 is 12.4. The van der Waals surface area contributed by atoms with Crippen LogP contribution in [-0.4, -0.2) is 28.8 Å². The van der Waals surface area contributed by atoms with Crippen molar-refractivity contribution in [2.45, 2.75) is 13.5 Å². The fourth-order valence-electron chi connectivity index (χ4n) is 4.45. The number of para-hydroxylation sites is 1.